The Morgan fingerprint density at radius 1 is 1.46 bits per heavy atom. The third kappa shape index (κ3) is 1.45. The van der Waals surface area contributed by atoms with Crippen LogP contribution in [0.25, 0.3) is 10.2 Å². The zero-order valence-electron chi connectivity index (χ0n) is 7.67. The van der Waals surface area contributed by atoms with Gasteiger partial charge in [-0.1, -0.05) is 22.9 Å². The Morgan fingerprint density at radius 3 is 2.92 bits per heavy atom. The second kappa shape index (κ2) is 3.28. The average Bonchev–Trinajstić information content (AvgIpc) is 2.40. The number of rotatable bonds is 1. The Balaban J connectivity index is 2.80. The van der Waals surface area contributed by atoms with Crippen molar-refractivity contribution < 1.29 is 4.57 Å². The van der Waals surface area contributed by atoms with E-state index in [0.29, 0.717) is 0 Å². The van der Waals surface area contributed by atoms with Gasteiger partial charge in [0.2, 0.25) is 10.5 Å². The standard InChI is InChI=1S/C10H11ClNS/c1-3-12-7(2)13-10-5-4-8(11)6-9(10)12/h4-6H,3H2,1-2H3/q+1. The number of aromatic nitrogens is 1. The van der Waals surface area contributed by atoms with E-state index in [4.69, 9.17) is 11.6 Å². The van der Waals surface area contributed by atoms with Crippen LogP contribution in [0.15, 0.2) is 18.2 Å². The lowest BCUT2D eigenvalue weighted by Crippen LogP contribution is -2.33. The highest BCUT2D eigenvalue weighted by molar-refractivity contribution is 7.18. The molecule has 0 atom stereocenters. The summed E-state index contributed by atoms with van der Waals surface area (Å²) >= 11 is 7.76. The second-order valence-electron chi connectivity index (χ2n) is 2.98. The van der Waals surface area contributed by atoms with Gasteiger partial charge in [0.15, 0.2) is 0 Å². The monoisotopic (exact) mass is 212 g/mol. The summed E-state index contributed by atoms with van der Waals surface area (Å²) < 4.78 is 3.59. The van der Waals surface area contributed by atoms with E-state index < -0.39 is 0 Å². The van der Waals surface area contributed by atoms with Crippen molar-refractivity contribution in [2.75, 3.05) is 0 Å². The van der Waals surface area contributed by atoms with E-state index in [1.807, 2.05) is 23.5 Å². The summed E-state index contributed by atoms with van der Waals surface area (Å²) in [6.45, 7) is 5.30. The van der Waals surface area contributed by atoms with Crippen LogP contribution in [-0.2, 0) is 6.54 Å². The number of benzene rings is 1. The van der Waals surface area contributed by atoms with E-state index >= 15 is 0 Å². The minimum absolute atomic E-state index is 0.813. The van der Waals surface area contributed by atoms with Crippen molar-refractivity contribution in [3.8, 4) is 0 Å². The van der Waals surface area contributed by atoms with Gasteiger partial charge in [-0.3, -0.25) is 0 Å². The highest BCUT2D eigenvalue weighted by Gasteiger charge is 2.14. The van der Waals surface area contributed by atoms with E-state index in [1.165, 1.54) is 15.2 Å². The van der Waals surface area contributed by atoms with Crippen LogP contribution in [0, 0.1) is 6.92 Å². The smallest absolute Gasteiger partial charge is 0.186 e. The third-order valence-electron chi connectivity index (χ3n) is 2.17. The molecule has 1 aromatic heterocycles. The van der Waals surface area contributed by atoms with Gasteiger partial charge in [0.1, 0.15) is 11.2 Å². The van der Waals surface area contributed by atoms with Gasteiger partial charge in [0, 0.05) is 18.0 Å². The van der Waals surface area contributed by atoms with Gasteiger partial charge in [-0.15, -0.1) is 0 Å². The van der Waals surface area contributed by atoms with Crippen LogP contribution in [0.5, 0.6) is 0 Å². The lowest BCUT2D eigenvalue weighted by Gasteiger charge is -1.90. The van der Waals surface area contributed by atoms with Gasteiger partial charge < -0.3 is 0 Å². The molecule has 0 spiro atoms. The summed E-state index contributed by atoms with van der Waals surface area (Å²) in [7, 11) is 0. The molecule has 0 saturated carbocycles. The molecule has 3 heteroatoms. The molecule has 1 nitrogen and oxygen atoms in total. The topological polar surface area (TPSA) is 3.88 Å². The average molecular weight is 213 g/mol. The molecular weight excluding hydrogens is 202 g/mol. The van der Waals surface area contributed by atoms with Crippen LogP contribution in [-0.4, -0.2) is 0 Å². The van der Waals surface area contributed by atoms with Gasteiger partial charge in [0.05, 0.1) is 0 Å². The van der Waals surface area contributed by atoms with Crippen molar-refractivity contribution >= 4 is 33.2 Å². The van der Waals surface area contributed by atoms with Crippen molar-refractivity contribution in [2.24, 2.45) is 0 Å². The predicted octanol–water partition coefficient (Wildman–Crippen LogP) is 3.17. The molecule has 68 valence electrons. The van der Waals surface area contributed by atoms with Crippen molar-refractivity contribution in [1.82, 2.24) is 0 Å². The number of hydrogen-bond acceptors (Lipinski definition) is 1. The van der Waals surface area contributed by atoms with Crippen molar-refractivity contribution in [3.63, 3.8) is 0 Å². The largest absolute Gasteiger partial charge is 0.235 e. The maximum absolute atomic E-state index is 5.95. The molecule has 0 aliphatic rings. The zero-order chi connectivity index (χ0) is 9.42. The van der Waals surface area contributed by atoms with Crippen LogP contribution >= 0.6 is 22.9 Å². The SMILES string of the molecule is CC[n+]1c(C)sc2ccc(Cl)cc21. The van der Waals surface area contributed by atoms with E-state index in [9.17, 15) is 0 Å². The molecule has 0 unspecified atom stereocenters. The predicted molar refractivity (Wildman–Crippen MR) is 57.4 cm³/mol. The van der Waals surface area contributed by atoms with Crippen molar-refractivity contribution in [2.45, 2.75) is 20.4 Å². The first-order chi connectivity index (χ1) is 6.22. The van der Waals surface area contributed by atoms with Gasteiger partial charge in [0.25, 0.3) is 0 Å². The summed E-state index contributed by atoms with van der Waals surface area (Å²) in [4.78, 5) is 0. The maximum Gasteiger partial charge on any atom is 0.235 e. The first kappa shape index (κ1) is 8.97. The summed E-state index contributed by atoms with van der Waals surface area (Å²) in [5, 5.41) is 2.15. The van der Waals surface area contributed by atoms with Gasteiger partial charge in [-0.25, -0.2) is 0 Å². The summed E-state index contributed by atoms with van der Waals surface area (Å²) in [5.41, 5.74) is 1.25. The molecule has 0 bridgehead atoms. The van der Waals surface area contributed by atoms with E-state index in [2.05, 4.69) is 24.5 Å². The molecule has 1 aromatic carbocycles. The highest BCUT2D eigenvalue weighted by atomic mass is 35.5. The van der Waals surface area contributed by atoms with Crippen LogP contribution in [0.2, 0.25) is 5.02 Å². The number of thiazole rings is 1. The normalized spacial score (nSPS) is 11.0. The zero-order valence-corrected chi connectivity index (χ0v) is 9.25. The van der Waals surface area contributed by atoms with E-state index in [-0.39, 0.29) is 0 Å². The molecule has 0 fully saturated rings. The molecular formula is C10H11ClNS+. The number of aryl methyl sites for hydroxylation is 2. The number of fused-ring (bicyclic) bond motifs is 1. The molecule has 0 aliphatic carbocycles. The molecule has 2 aromatic rings. The number of nitrogens with zero attached hydrogens (tertiary/aromatic N) is 1. The molecule has 2 rings (SSSR count). The van der Waals surface area contributed by atoms with E-state index in [1.54, 1.807) is 0 Å². The molecule has 0 radical (unpaired) electrons. The third-order valence-corrected chi connectivity index (χ3v) is 3.48. The molecule has 13 heavy (non-hydrogen) atoms. The number of halogens is 1. The van der Waals surface area contributed by atoms with Crippen molar-refractivity contribution in [1.29, 1.82) is 0 Å². The minimum Gasteiger partial charge on any atom is -0.186 e. The molecule has 0 amide bonds. The second-order valence-corrected chi connectivity index (χ2v) is 4.65. The van der Waals surface area contributed by atoms with E-state index in [0.717, 1.165) is 11.6 Å². The molecule has 0 saturated heterocycles. The first-order valence-corrected chi connectivity index (χ1v) is 5.50. The van der Waals surface area contributed by atoms with Crippen LogP contribution < -0.4 is 4.57 Å². The van der Waals surface area contributed by atoms with Gasteiger partial charge in [-0.2, -0.15) is 4.57 Å². The van der Waals surface area contributed by atoms with Crippen molar-refractivity contribution in [3.05, 3.63) is 28.2 Å². The number of hydrogen-bond donors (Lipinski definition) is 0. The van der Waals surface area contributed by atoms with Crippen LogP contribution in [0.3, 0.4) is 0 Å². The van der Waals surface area contributed by atoms with Crippen LogP contribution in [0.4, 0.5) is 0 Å². The fourth-order valence-electron chi connectivity index (χ4n) is 1.56. The van der Waals surface area contributed by atoms with Crippen LogP contribution in [0.1, 0.15) is 11.9 Å². The lowest BCUT2D eigenvalue weighted by molar-refractivity contribution is -0.669. The summed E-state index contributed by atoms with van der Waals surface area (Å²) in [6, 6.07) is 6.06. The summed E-state index contributed by atoms with van der Waals surface area (Å²) in [5.74, 6) is 0. The fraction of sp³-hybridized carbons (Fsp3) is 0.300. The minimum atomic E-state index is 0.813. The molecule has 0 aliphatic heterocycles. The Hall–Kier alpha value is -0.600. The van der Waals surface area contributed by atoms with Gasteiger partial charge in [-0.05, 0) is 19.1 Å². The fourth-order valence-corrected chi connectivity index (χ4v) is 2.80. The molecule has 1 heterocycles. The summed E-state index contributed by atoms with van der Waals surface area (Å²) in [6.07, 6.45) is 0. The maximum atomic E-state index is 5.95. The Kier molecular flexibility index (Phi) is 2.26. The molecule has 0 N–H and O–H groups in total. The Bertz CT molecular complexity index is 447. The quantitative estimate of drug-likeness (QED) is 0.640. The first-order valence-electron chi connectivity index (χ1n) is 4.31. The van der Waals surface area contributed by atoms with Gasteiger partial charge >= 0.3 is 0 Å². The lowest BCUT2D eigenvalue weighted by atomic mass is 10.3. The highest BCUT2D eigenvalue weighted by Crippen LogP contribution is 2.22. The Morgan fingerprint density at radius 2 is 2.23 bits per heavy atom. The Labute approximate surface area is 86.6 Å².